The van der Waals surface area contributed by atoms with Crippen molar-refractivity contribution in [2.24, 2.45) is 9.98 Å². The van der Waals surface area contributed by atoms with Crippen molar-refractivity contribution in [3.05, 3.63) is 53.8 Å². The summed E-state index contributed by atoms with van der Waals surface area (Å²) >= 11 is 0. The second-order valence-electron chi connectivity index (χ2n) is 5.75. The predicted octanol–water partition coefficient (Wildman–Crippen LogP) is 4.34. The van der Waals surface area contributed by atoms with Crippen LogP contribution in [0.15, 0.2) is 58.2 Å². The Morgan fingerprint density at radius 1 is 1.19 bits per heavy atom. The van der Waals surface area contributed by atoms with Crippen LogP contribution >= 0.6 is 0 Å². The van der Waals surface area contributed by atoms with Gasteiger partial charge in [0.05, 0.1) is 24.6 Å². The normalized spacial score (nSPS) is 16.7. The van der Waals surface area contributed by atoms with Crippen molar-refractivity contribution in [3.63, 3.8) is 0 Å². The molecule has 0 amide bonds. The monoisotopic (exact) mass is 354 g/mol. The van der Waals surface area contributed by atoms with Crippen molar-refractivity contribution in [1.29, 1.82) is 0 Å². The number of hydrogen-bond acceptors (Lipinski definition) is 5. The highest BCUT2D eigenvalue weighted by atomic mass is 16.5. The SMILES string of the molecule is CCN=C1C=CC=C(OCCCC(=O)OCC)C1=Nc1ccccc1C. The van der Waals surface area contributed by atoms with Crippen LogP contribution in [0.3, 0.4) is 0 Å². The molecule has 2 rings (SSSR count). The summed E-state index contributed by atoms with van der Waals surface area (Å²) in [6.07, 6.45) is 6.67. The summed E-state index contributed by atoms with van der Waals surface area (Å²) in [5, 5.41) is 0. The van der Waals surface area contributed by atoms with Crippen LogP contribution in [0.25, 0.3) is 0 Å². The van der Waals surface area contributed by atoms with Crippen molar-refractivity contribution < 1.29 is 14.3 Å². The molecule has 138 valence electrons. The first-order valence-corrected chi connectivity index (χ1v) is 9.02. The molecule has 0 spiro atoms. The Labute approximate surface area is 155 Å². The van der Waals surface area contributed by atoms with E-state index in [4.69, 9.17) is 14.5 Å². The third-order valence-electron chi connectivity index (χ3n) is 3.74. The quantitative estimate of drug-likeness (QED) is 0.396. The molecule has 0 heterocycles. The Hall–Kier alpha value is -2.69. The molecule has 1 aromatic rings. The summed E-state index contributed by atoms with van der Waals surface area (Å²) in [5.74, 6) is 0.475. The lowest BCUT2D eigenvalue weighted by Gasteiger charge is -2.16. The molecule has 0 radical (unpaired) electrons. The van der Waals surface area contributed by atoms with Gasteiger partial charge in [0.25, 0.3) is 0 Å². The van der Waals surface area contributed by atoms with Gasteiger partial charge in [-0.05, 0) is 51.0 Å². The minimum absolute atomic E-state index is 0.198. The average Bonchev–Trinajstić information content (AvgIpc) is 2.63. The highest BCUT2D eigenvalue weighted by Gasteiger charge is 2.17. The molecule has 5 nitrogen and oxygen atoms in total. The van der Waals surface area contributed by atoms with E-state index in [0.717, 1.165) is 22.7 Å². The van der Waals surface area contributed by atoms with Gasteiger partial charge in [0.1, 0.15) is 11.5 Å². The molecule has 0 N–H and O–H groups in total. The van der Waals surface area contributed by atoms with Gasteiger partial charge >= 0.3 is 5.97 Å². The lowest BCUT2D eigenvalue weighted by molar-refractivity contribution is -0.143. The number of esters is 1. The maximum atomic E-state index is 11.4. The Morgan fingerprint density at radius 3 is 2.73 bits per heavy atom. The summed E-state index contributed by atoms with van der Waals surface area (Å²) in [6, 6.07) is 7.95. The minimum Gasteiger partial charge on any atom is -0.491 e. The fourth-order valence-electron chi connectivity index (χ4n) is 2.48. The molecular formula is C21H26N2O3. The van der Waals surface area contributed by atoms with Gasteiger partial charge in [-0.2, -0.15) is 0 Å². The van der Waals surface area contributed by atoms with Crippen molar-refractivity contribution in [3.8, 4) is 0 Å². The van der Waals surface area contributed by atoms with Gasteiger partial charge in [-0.25, -0.2) is 4.99 Å². The molecule has 0 atom stereocenters. The molecule has 0 aromatic heterocycles. The highest BCUT2D eigenvalue weighted by molar-refractivity contribution is 6.52. The molecular weight excluding hydrogens is 328 g/mol. The zero-order valence-electron chi connectivity index (χ0n) is 15.7. The number of carbonyl (C=O) groups excluding carboxylic acids is 1. The van der Waals surface area contributed by atoms with Crippen LogP contribution < -0.4 is 0 Å². The van der Waals surface area contributed by atoms with Gasteiger partial charge < -0.3 is 9.47 Å². The van der Waals surface area contributed by atoms with Crippen LogP contribution in [0.4, 0.5) is 5.69 Å². The lowest BCUT2D eigenvalue weighted by atomic mass is 10.1. The molecule has 1 aliphatic rings. The van der Waals surface area contributed by atoms with E-state index in [1.54, 1.807) is 6.92 Å². The van der Waals surface area contributed by atoms with E-state index in [0.29, 0.717) is 38.4 Å². The van der Waals surface area contributed by atoms with Gasteiger partial charge in [0.2, 0.25) is 0 Å². The number of hydrogen-bond donors (Lipinski definition) is 0. The molecule has 0 aliphatic heterocycles. The summed E-state index contributed by atoms with van der Waals surface area (Å²) < 4.78 is 10.8. The smallest absolute Gasteiger partial charge is 0.305 e. The fourth-order valence-corrected chi connectivity index (χ4v) is 2.48. The second kappa shape index (κ2) is 10.3. The molecule has 1 aliphatic carbocycles. The van der Waals surface area contributed by atoms with Gasteiger partial charge in [0.15, 0.2) is 0 Å². The second-order valence-corrected chi connectivity index (χ2v) is 5.75. The van der Waals surface area contributed by atoms with Crippen LogP contribution in [0.1, 0.15) is 32.3 Å². The minimum atomic E-state index is -0.198. The Bertz CT molecular complexity index is 745. The third kappa shape index (κ3) is 5.69. The van der Waals surface area contributed by atoms with Crippen LogP contribution in [0.5, 0.6) is 0 Å². The van der Waals surface area contributed by atoms with E-state index >= 15 is 0 Å². The number of nitrogens with zero attached hydrogens (tertiary/aromatic N) is 2. The van der Waals surface area contributed by atoms with E-state index in [2.05, 4.69) is 4.99 Å². The molecule has 0 bridgehead atoms. The summed E-state index contributed by atoms with van der Waals surface area (Å²) in [4.78, 5) is 20.7. The molecule has 1 aromatic carbocycles. The molecule has 0 saturated heterocycles. The number of carbonyl (C=O) groups is 1. The Morgan fingerprint density at radius 2 is 2.00 bits per heavy atom. The first kappa shape index (κ1) is 19.6. The summed E-state index contributed by atoms with van der Waals surface area (Å²) in [6.45, 7) is 7.31. The van der Waals surface area contributed by atoms with E-state index in [1.165, 1.54) is 0 Å². The molecule has 0 saturated carbocycles. The maximum Gasteiger partial charge on any atom is 0.305 e. The standard InChI is InChI=1S/C21H26N2O3/c1-4-22-18-12-8-13-19(26-15-9-14-20(24)25-5-2)21(18)23-17-11-7-6-10-16(17)3/h6-8,10-13H,4-5,9,14-15H2,1-3H3. The fraction of sp³-hybridized carbons (Fsp3) is 0.381. The summed E-state index contributed by atoms with van der Waals surface area (Å²) in [5.41, 5.74) is 3.51. The average molecular weight is 354 g/mol. The van der Waals surface area contributed by atoms with Crippen LogP contribution in [0, 0.1) is 6.92 Å². The van der Waals surface area contributed by atoms with E-state index in [-0.39, 0.29) is 5.97 Å². The zero-order chi connectivity index (χ0) is 18.8. The number of ether oxygens (including phenoxy) is 2. The molecule has 0 unspecified atom stereocenters. The van der Waals surface area contributed by atoms with Gasteiger partial charge in [-0.3, -0.25) is 9.79 Å². The number of allylic oxidation sites excluding steroid dienone is 4. The Balaban J connectivity index is 2.13. The highest BCUT2D eigenvalue weighted by Crippen LogP contribution is 2.21. The van der Waals surface area contributed by atoms with Crippen LogP contribution in [0.2, 0.25) is 0 Å². The molecule has 5 heteroatoms. The van der Waals surface area contributed by atoms with Gasteiger partial charge in [0, 0.05) is 13.0 Å². The van der Waals surface area contributed by atoms with Gasteiger partial charge in [-0.1, -0.05) is 24.3 Å². The van der Waals surface area contributed by atoms with Crippen molar-refractivity contribution >= 4 is 23.1 Å². The maximum absolute atomic E-state index is 11.4. The van der Waals surface area contributed by atoms with E-state index in [1.807, 2.05) is 56.3 Å². The summed E-state index contributed by atoms with van der Waals surface area (Å²) in [7, 11) is 0. The largest absolute Gasteiger partial charge is 0.491 e. The number of para-hydroxylation sites is 1. The Kier molecular flexibility index (Phi) is 7.80. The van der Waals surface area contributed by atoms with Crippen molar-refractivity contribution in [2.45, 2.75) is 33.6 Å². The third-order valence-corrected chi connectivity index (χ3v) is 3.74. The molecule has 0 fully saturated rings. The van der Waals surface area contributed by atoms with Crippen LogP contribution in [-0.2, 0) is 14.3 Å². The van der Waals surface area contributed by atoms with Crippen LogP contribution in [-0.4, -0.2) is 37.2 Å². The lowest BCUT2D eigenvalue weighted by Crippen LogP contribution is -2.20. The van der Waals surface area contributed by atoms with Gasteiger partial charge in [-0.15, -0.1) is 0 Å². The number of aryl methyl sites for hydroxylation is 1. The zero-order valence-corrected chi connectivity index (χ0v) is 15.7. The predicted molar refractivity (Wildman–Crippen MR) is 105 cm³/mol. The number of aliphatic imine (C=N–C) groups is 2. The first-order chi connectivity index (χ1) is 12.7. The molecule has 26 heavy (non-hydrogen) atoms. The van der Waals surface area contributed by atoms with Crippen molar-refractivity contribution in [2.75, 3.05) is 19.8 Å². The van der Waals surface area contributed by atoms with E-state index in [9.17, 15) is 4.79 Å². The number of benzene rings is 1. The topological polar surface area (TPSA) is 60.2 Å². The first-order valence-electron chi connectivity index (χ1n) is 9.02. The number of rotatable bonds is 8. The van der Waals surface area contributed by atoms with Crippen molar-refractivity contribution in [1.82, 2.24) is 0 Å². The van der Waals surface area contributed by atoms with E-state index < -0.39 is 0 Å².